The van der Waals surface area contributed by atoms with E-state index in [-0.39, 0.29) is 73.1 Å². The Morgan fingerprint density at radius 2 is 1.67 bits per heavy atom. The second-order valence-corrected chi connectivity index (χ2v) is 32.0. The monoisotopic (exact) mass is 1520 g/mol. The highest BCUT2D eigenvalue weighted by molar-refractivity contribution is 7.85. The number of hydrogen-bond donors (Lipinski definition) is 10. The molecule has 6 fully saturated rings. The molecule has 4 unspecified atom stereocenters. The average Bonchev–Trinajstić information content (AvgIpc) is 1.39. The average molecular weight is 1520 g/mol. The predicted octanol–water partition coefficient (Wildman–Crippen LogP) is 4.96. The van der Waals surface area contributed by atoms with E-state index in [1.165, 1.54) is 16.2 Å². The number of ether oxygens (including phenoxy) is 5. The minimum atomic E-state index is -4.36. The largest absolute Gasteiger partial charge is 0.481 e. The molecule has 2 saturated heterocycles. The Labute approximate surface area is 619 Å². The maximum Gasteiger partial charge on any atom is 0.409 e. The van der Waals surface area contributed by atoms with Crippen LogP contribution in [0.4, 0.5) is 15.7 Å². The number of rotatable bonds is 32. The van der Waals surface area contributed by atoms with E-state index in [2.05, 4.69) is 27.9 Å². The van der Waals surface area contributed by atoms with E-state index in [9.17, 15) is 72.3 Å². The number of nitrogens with zero attached hydrogens (tertiary/aromatic N) is 7. The summed E-state index contributed by atoms with van der Waals surface area (Å²) in [5, 5.41) is 75.1. The van der Waals surface area contributed by atoms with E-state index in [1.807, 2.05) is 59.0 Å². The number of carboxylic acids is 3. The lowest BCUT2D eigenvalue weighted by Gasteiger charge is -2.65. The number of nitrogens with one attached hydrogen (secondary N) is 3. The van der Waals surface area contributed by atoms with Crippen molar-refractivity contribution in [3.8, 4) is 16.9 Å². The Hall–Kier alpha value is -9.26. The molecule has 3 aliphatic heterocycles. The summed E-state index contributed by atoms with van der Waals surface area (Å²) in [5.74, 6) is -6.14. The molecule has 32 nitrogen and oxygen atoms in total. The molecule has 4 saturated carbocycles. The quantitative estimate of drug-likeness (QED) is 0.0197. The number of unbranched alkanes of at least 4 members (excludes halogenated alkanes) is 1. The minimum Gasteiger partial charge on any atom is -0.481 e. The van der Waals surface area contributed by atoms with Crippen molar-refractivity contribution in [3.05, 3.63) is 118 Å². The summed E-state index contributed by atoms with van der Waals surface area (Å²) in [5.41, 5.74) is 5.08. The number of likely N-dealkylation sites (N-methyl/N-ethyl adjacent to an activating group) is 1. The summed E-state index contributed by atoms with van der Waals surface area (Å²) in [4.78, 5) is 117. The van der Waals surface area contributed by atoms with Gasteiger partial charge in [0.15, 0.2) is 16.9 Å². The predicted molar refractivity (Wildman–Crippen MR) is 383 cm³/mol. The van der Waals surface area contributed by atoms with E-state index in [0.717, 1.165) is 70.5 Å². The Morgan fingerprint density at radius 3 is 2.43 bits per heavy atom. The third-order valence-electron chi connectivity index (χ3n) is 21.2. The number of fused-ring (bicyclic) bond motifs is 2. The van der Waals surface area contributed by atoms with Crippen LogP contribution >= 0.6 is 11.3 Å². The first-order valence-electron chi connectivity index (χ1n) is 35.6. The number of hydrogen-bond acceptors (Lipinski definition) is 23. The number of aliphatic carboxylic acids is 2. The number of aromatic carboxylic acids is 1. The number of aromatic nitrogens is 4. The molecule has 107 heavy (non-hydrogen) atoms. The summed E-state index contributed by atoms with van der Waals surface area (Å²) in [7, 11) is -2.79. The first-order chi connectivity index (χ1) is 50.9. The van der Waals surface area contributed by atoms with Gasteiger partial charge in [-0.1, -0.05) is 54.7 Å². The first kappa shape index (κ1) is 77.4. The molecule has 5 amide bonds. The highest BCUT2D eigenvalue weighted by atomic mass is 32.2. The van der Waals surface area contributed by atoms with E-state index in [0.29, 0.717) is 84.4 Å². The molecule has 13 rings (SSSR count). The second kappa shape index (κ2) is 32.3. The zero-order valence-corrected chi connectivity index (χ0v) is 60.9. The van der Waals surface area contributed by atoms with Crippen molar-refractivity contribution in [2.24, 2.45) is 16.7 Å². The lowest BCUT2D eigenvalue weighted by molar-refractivity contribution is -0.271. The van der Waals surface area contributed by atoms with Crippen LogP contribution in [0.3, 0.4) is 0 Å². The number of para-hydroxylation sites is 1. The number of carbonyl (C=O) groups excluding carboxylic acids is 5. The number of aryl methyl sites for hydroxylation is 1. The molecule has 3 aromatic carbocycles. The van der Waals surface area contributed by atoms with Crippen molar-refractivity contribution in [3.63, 3.8) is 0 Å². The van der Waals surface area contributed by atoms with Gasteiger partial charge in [-0.25, -0.2) is 24.4 Å². The Bertz CT molecular complexity index is 4470. The first-order valence-corrected chi connectivity index (χ1v) is 38.0. The number of likely N-dealkylation sites (tertiary alicyclic amines) is 1. The highest BCUT2D eigenvalue weighted by Gasteiger charge is 2.63. The van der Waals surface area contributed by atoms with E-state index < -0.39 is 132 Å². The van der Waals surface area contributed by atoms with Gasteiger partial charge in [0.25, 0.3) is 16.0 Å². The van der Waals surface area contributed by atoms with Crippen molar-refractivity contribution < 1.29 is 106 Å². The van der Waals surface area contributed by atoms with E-state index >= 15 is 0 Å². The number of benzene rings is 3. The third kappa shape index (κ3) is 18.1. The van der Waals surface area contributed by atoms with Crippen LogP contribution in [0.1, 0.15) is 126 Å². The Kier molecular flexibility index (Phi) is 23.3. The molecular weight excluding hydrogens is 1430 g/mol. The molecule has 11 atom stereocenters. The maximum atomic E-state index is 13.8. The van der Waals surface area contributed by atoms with E-state index in [1.54, 1.807) is 43.6 Å². The Balaban J connectivity index is 0.651. The number of carboxylic acid groups (broad SMARTS) is 3. The molecule has 0 radical (unpaired) electrons. The number of carbonyl (C=O) groups is 8. The van der Waals surface area contributed by atoms with Crippen LogP contribution in [0, 0.1) is 23.7 Å². The van der Waals surface area contributed by atoms with Crippen LogP contribution in [0.25, 0.3) is 21.3 Å². The van der Waals surface area contributed by atoms with Gasteiger partial charge in [-0.3, -0.25) is 38.5 Å². The van der Waals surface area contributed by atoms with Gasteiger partial charge in [-0.05, 0) is 147 Å². The fraction of sp³-hybridized carbons (Fsp3) is 0.521. The normalized spacial score (nSPS) is 25.1. The molecule has 3 aromatic heterocycles. The SMILES string of the molecule is Cc1c(-c2ccc(N3CCc4cccc(C(=O)Nc5nc6ccccc6s5)c4C3)nc2C(=O)O)cnn1CC12CC3CC(C)(C1)CC(OCCN(C)C(=O)OCc1ccc(CCCCNC(=O)CN4C(=O)[C@@H](NC(=O)CCC(=O)O)C[C@H]4COCCS(=O)(=O)O)cc1O[C@@H]1O[C@H](C(=O)O)[C@@H](O)[C@H](O)[C@H]1O)(C3)C2. The third-order valence-corrected chi connectivity index (χ3v) is 22.8. The summed E-state index contributed by atoms with van der Waals surface area (Å²) >= 11 is 1.40. The molecule has 6 aromatic rings. The molecule has 34 heteroatoms. The van der Waals surface area contributed by atoms with Crippen LogP contribution in [0.15, 0.2) is 79.0 Å². The highest BCUT2D eigenvalue weighted by Crippen LogP contribution is 2.68. The number of pyridine rings is 1. The van der Waals surface area contributed by atoms with Gasteiger partial charge in [-0.2, -0.15) is 13.5 Å². The molecular formula is C73H88N10O22S2. The molecule has 4 bridgehead atoms. The van der Waals surface area contributed by atoms with Crippen LogP contribution < -0.4 is 25.6 Å². The van der Waals surface area contributed by atoms with Crippen molar-refractivity contribution in [1.29, 1.82) is 0 Å². The second-order valence-electron chi connectivity index (χ2n) is 29.4. The number of aliphatic hydroxyl groups is 3. The zero-order valence-electron chi connectivity index (χ0n) is 59.3. The van der Waals surface area contributed by atoms with Gasteiger partial charge in [0.2, 0.25) is 24.0 Å². The number of amides is 5. The summed E-state index contributed by atoms with van der Waals surface area (Å²) in [6, 6.07) is 19.9. The van der Waals surface area contributed by atoms with Gasteiger partial charge in [-0.15, -0.1) is 0 Å². The van der Waals surface area contributed by atoms with Gasteiger partial charge >= 0.3 is 24.0 Å². The van der Waals surface area contributed by atoms with E-state index in [4.69, 9.17) is 43.4 Å². The van der Waals surface area contributed by atoms with Gasteiger partial charge in [0.05, 0.1) is 66.6 Å². The van der Waals surface area contributed by atoms with Gasteiger partial charge in [0.1, 0.15) is 42.5 Å². The fourth-order valence-electron chi connectivity index (χ4n) is 16.8. The number of anilines is 2. The lowest BCUT2D eigenvalue weighted by Crippen LogP contribution is -2.61. The lowest BCUT2D eigenvalue weighted by atomic mass is 9.43. The molecule has 6 heterocycles. The van der Waals surface area contributed by atoms with Gasteiger partial charge < -0.3 is 79.7 Å². The smallest absolute Gasteiger partial charge is 0.409 e. The summed E-state index contributed by atoms with van der Waals surface area (Å²) < 4.78 is 64.2. The Morgan fingerprint density at radius 1 is 0.869 bits per heavy atom. The zero-order chi connectivity index (χ0) is 76.3. The van der Waals surface area contributed by atoms with Gasteiger partial charge in [0, 0.05) is 74.1 Å². The van der Waals surface area contributed by atoms with Crippen molar-refractivity contribution >= 4 is 90.3 Å². The molecule has 7 aliphatic rings. The maximum absolute atomic E-state index is 13.8. The number of thiazole rings is 1. The van der Waals surface area contributed by atoms with Crippen molar-refractivity contribution in [1.82, 2.24) is 40.2 Å². The standard InChI is InChI=1S/C73H88N10O22S2/c1-41-49(47-16-17-55(78-59(47)66(93)94)81-22-20-44-10-8-11-48(50(44)33-81)64(91)79-69-77-51-12-4-5-13-54(51)106-69)32-75-83(41)40-72-30-43-29-71(2,37-72)38-73(31-43,39-72)103-24-23-80(3)70(97)102-35-45-15-14-42(27-53(45)104-68-62(90)60(88)61(89)63(105-68)67(95)96)9-6-7-21-74-57(85)34-82-46(36-101-25-26-107(98,99)100)28-52(65(82)92)76-56(84)18-19-58(86)87/h4-5,8,10-17,27,32,43,46,52,60-63,68,88-90H,6-7,9,18-26,28-31,33-40H2,1-3H3,(H,74,85)(H,76,84)(H,86,87)(H,93,94)(H,95,96)(H,77,79,91)(H,98,99,100)/t43?,46-,52-,60-,61-,62+,63-,68+,71?,72?,73?/m0/s1. The number of aliphatic hydroxyl groups excluding tert-OH is 3. The molecule has 574 valence electrons. The topological polar surface area (TPSA) is 448 Å². The molecule has 4 aliphatic carbocycles. The molecule has 0 spiro atoms. The summed E-state index contributed by atoms with van der Waals surface area (Å²) in [6.45, 7) is 4.67. The van der Waals surface area contributed by atoms with Crippen molar-refractivity contribution in [2.45, 2.75) is 165 Å². The summed E-state index contributed by atoms with van der Waals surface area (Å²) in [6.07, 6.45) is -2.45. The van der Waals surface area contributed by atoms with Crippen LogP contribution in [-0.4, -0.2) is 228 Å². The van der Waals surface area contributed by atoms with Crippen LogP contribution in [0.2, 0.25) is 0 Å². The fourth-order valence-corrected chi connectivity index (χ4v) is 18.0. The van der Waals surface area contributed by atoms with Crippen LogP contribution in [0.5, 0.6) is 5.75 Å². The molecule has 10 N–H and O–H groups in total. The van der Waals surface area contributed by atoms with Crippen LogP contribution in [-0.2, 0) is 85.6 Å². The minimum absolute atomic E-state index is 0.0154. The van der Waals surface area contributed by atoms with Crippen molar-refractivity contribution in [2.75, 3.05) is 69.0 Å².